The highest BCUT2D eigenvalue weighted by Crippen LogP contribution is 2.09. The summed E-state index contributed by atoms with van der Waals surface area (Å²) < 4.78 is 0. The maximum atomic E-state index is 12.0. The van der Waals surface area contributed by atoms with Crippen LogP contribution in [0.1, 0.15) is 19.8 Å². The van der Waals surface area contributed by atoms with Crippen molar-refractivity contribution < 1.29 is 4.79 Å². The molecule has 0 aromatic heterocycles. The molecule has 0 radical (unpaired) electrons. The Balaban J connectivity index is 4.42. The molecule has 1 atom stereocenters. The van der Waals surface area contributed by atoms with Crippen LogP contribution in [0, 0.1) is 5.92 Å². The molecule has 1 amide bonds. The lowest BCUT2D eigenvalue weighted by atomic mass is 10.0. The molecule has 0 rings (SSSR count). The lowest BCUT2D eigenvalue weighted by molar-refractivity contribution is -0.134. The maximum absolute atomic E-state index is 12.0. The minimum absolute atomic E-state index is 0.0603. The zero-order valence-corrected chi connectivity index (χ0v) is 9.61. The average Bonchev–Trinajstić information content (AvgIpc) is 2.24. The highest BCUT2D eigenvalue weighted by Gasteiger charge is 2.20. The van der Waals surface area contributed by atoms with Crippen molar-refractivity contribution >= 4 is 5.91 Å². The largest absolute Gasteiger partial charge is 0.335 e. The third kappa shape index (κ3) is 4.79. The van der Waals surface area contributed by atoms with Crippen molar-refractivity contribution in [3.63, 3.8) is 0 Å². The summed E-state index contributed by atoms with van der Waals surface area (Å²) in [5.74, 6) is 0.0500. The Morgan fingerprint density at radius 1 is 1.40 bits per heavy atom. The minimum atomic E-state index is -0.0603. The highest BCUT2D eigenvalue weighted by atomic mass is 16.2. The van der Waals surface area contributed by atoms with Gasteiger partial charge < -0.3 is 10.6 Å². The molecule has 3 nitrogen and oxygen atoms in total. The van der Waals surface area contributed by atoms with Gasteiger partial charge >= 0.3 is 0 Å². The van der Waals surface area contributed by atoms with Gasteiger partial charge in [-0.2, -0.15) is 0 Å². The molecule has 0 aliphatic heterocycles. The second kappa shape index (κ2) is 8.24. The Labute approximate surface area is 92.6 Å². The van der Waals surface area contributed by atoms with Gasteiger partial charge in [-0.1, -0.05) is 25.5 Å². The van der Waals surface area contributed by atoms with Gasteiger partial charge in [-0.05, 0) is 6.42 Å². The second-order valence-electron chi connectivity index (χ2n) is 3.54. The van der Waals surface area contributed by atoms with Gasteiger partial charge in [-0.3, -0.25) is 4.79 Å². The number of amides is 1. The smallest absolute Gasteiger partial charge is 0.227 e. The predicted molar refractivity (Wildman–Crippen MR) is 64.4 cm³/mol. The molecule has 15 heavy (non-hydrogen) atoms. The number of carbonyl (C=O) groups excluding carboxylic acids is 1. The Hall–Kier alpha value is -1.09. The summed E-state index contributed by atoms with van der Waals surface area (Å²) in [6.07, 6.45) is 5.27. The molecular weight excluding hydrogens is 188 g/mol. The van der Waals surface area contributed by atoms with Gasteiger partial charge in [-0.15, -0.1) is 13.2 Å². The fraction of sp³-hybridized carbons (Fsp3) is 0.583. The van der Waals surface area contributed by atoms with E-state index in [1.165, 1.54) is 0 Å². The van der Waals surface area contributed by atoms with Gasteiger partial charge in [0.15, 0.2) is 0 Å². The van der Waals surface area contributed by atoms with Crippen LogP contribution < -0.4 is 5.73 Å². The van der Waals surface area contributed by atoms with Crippen LogP contribution in [-0.4, -0.2) is 30.4 Å². The van der Waals surface area contributed by atoms with E-state index in [4.69, 9.17) is 5.73 Å². The lowest BCUT2D eigenvalue weighted by Gasteiger charge is -2.24. The van der Waals surface area contributed by atoms with Crippen molar-refractivity contribution in [1.29, 1.82) is 0 Å². The molecular formula is C12H22N2O. The van der Waals surface area contributed by atoms with Crippen LogP contribution >= 0.6 is 0 Å². The summed E-state index contributed by atoms with van der Waals surface area (Å²) in [6.45, 7) is 10.9. The van der Waals surface area contributed by atoms with E-state index in [0.717, 1.165) is 12.8 Å². The number of nitrogens with zero attached hydrogens (tertiary/aromatic N) is 1. The van der Waals surface area contributed by atoms with Crippen molar-refractivity contribution in [2.45, 2.75) is 19.8 Å². The predicted octanol–water partition coefficient (Wildman–Crippen LogP) is 1.56. The molecule has 1 unspecified atom stereocenters. The van der Waals surface area contributed by atoms with Gasteiger partial charge in [0, 0.05) is 19.6 Å². The number of rotatable bonds is 8. The van der Waals surface area contributed by atoms with E-state index in [1.54, 1.807) is 17.1 Å². The normalized spacial score (nSPS) is 11.9. The molecule has 0 bridgehead atoms. The third-order valence-corrected chi connectivity index (χ3v) is 2.28. The van der Waals surface area contributed by atoms with Crippen molar-refractivity contribution in [2.75, 3.05) is 19.6 Å². The first kappa shape index (κ1) is 13.9. The molecule has 3 heteroatoms. The molecule has 86 valence electrons. The van der Waals surface area contributed by atoms with Crippen LogP contribution in [0.15, 0.2) is 25.3 Å². The van der Waals surface area contributed by atoms with Gasteiger partial charge in [0.2, 0.25) is 5.91 Å². The van der Waals surface area contributed by atoms with E-state index in [2.05, 4.69) is 20.1 Å². The zero-order valence-electron chi connectivity index (χ0n) is 9.61. The Bertz CT molecular complexity index is 204. The van der Waals surface area contributed by atoms with E-state index < -0.39 is 0 Å². The van der Waals surface area contributed by atoms with Crippen molar-refractivity contribution in [3.8, 4) is 0 Å². The van der Waals surface area contributed by atoms with Crippen molar-refractivity contribution in [1.82, 2.24) is 4.90 Å². The quantitative estimate of drug-likeness (QED) is 0.618. The molecule has 0 spiro atoms. The Kier molecular flexibility index (Phi) is 7.64. The van der Waals surface area contributed by atoms with Crippen molar-refractivity contribution in [2.24, 2.45) is 11.7 Å². The molecule has 0 heterocycles. The van der Waals surface area contributed by atoms with Crippen LogP contribution in [-0.2, 0) is 4.79 Å². The van der Waals surface area contributed by atoms with Crippen LogP contribution in [0.3, 0.4) is 0 Å². The summed E-state index contributed by atoms with van der Waals surface area (Å²) in [5, 5.41) is 0. The first-order valence-electron chi connectivity index (χ1n) is 5.41. The van der Waals surface area contributed by atoms with Gasteiger partial charge in [0.1, 0.15) is 0 Å². The lowest BCUT2D eigenvalue weighted by Crippen LogP contribution is -2.39. The fourth-order valence-electron chi connectivity index (χ4n) is 1.51. The Morgan fingerprint density at radius 2 is 1.93 bits per heavy atom. The molecule has 0 saturated carbocycles. The summed E-state index contributed by atoms with van der Waals surface area (Å²) in [4.78, 5) is 13.7. The number of carbonyl (C=O) groups is 1. The summed E-state index contributed by atoms with van der Waals surface area (Å²) in [5.41, 5.74) is 5.59. The highest BCUT2D eigenvalue weighted by molar-refractivity contribution is 5.79. The first-order valence-corrected chi connectivity index (χ1v) is 5.41. The van der Waals surface area contributed by atoms with Gasteiger partial charge in [-0.25, -0.2) is 0 Å². The Morgan fingerprint density at radius 3 is 2.27 bits per heavy atom. The zero-order chi connectivity index (χ0) is 11.7. The molecule has 0 aliphatic carbocycles. The SMILES string of the molecule is C=CCN(CC=C)C(=O)C(CN)CCC. The summed E-state index contributed by atoms with van der Waals surface area (Å²) in [7, 11) is 0. The summed E-state index contributed by atoms with van der Waals surface area (Å²) in [6, 6.07) is 0. The minimum Gasteiger partial charge on any atom is -0.335 e. The molecule has 0 saturated heterocycles. The van der Waals surface area contributed by atoms with Crippen LogP contribution in [0.2, 0.25) is 0 Å². The van der Waals surface area contributed by atoms with E-state index in [-0.39, 0.29) is 11.8 Å². The number of hydrogen-bond donors (Lipinski definition) is 1. The summed E-state index contributed by atoms with van der Waals surface area (Å²) >= 11 is 0. The fourth-order valence-corrected chi connectivity index (χ4v) is 1.51. The number of nitrogens with two attached hydrogens (primary N) is 1. The molecule has 2 N–H and O–H groups in total. The first-order chi connectivity index (χ1) is 7.21. The molecule has 0 fully saturated rings. The van der Waals surface area contributed by atoms with Crippen molar-refractivity contribution in [3.05, 3.63) is 25.3 Å². The topological polar surface area (TPSA) is 46.3 Å². The van der Waals surface area contributed by atoms with E-state index >= 15 is 0 Å². The molecule has 0 aromatic carbocycles. The number of hydrogen-bond acceptors (Lipinski definition) is 2. The van der Waals surface area contributed by atoms with Gasteiger partial charge in [0.05, 0.1) is 5.92 Å². The van der Waals surface area contributed by atoms with E-state index in [1.807, 2.05) is 0 Å². The average molecular weight is 210 g/mol. The third-order valence-electron chi connectivity index (χ3n) is 2.28. The van der Waals surface area contributed by atoms with Crippen LogP contribution in [0.25, 0.3) is 0 Å². The van der Waals surface area contributed by atoms with E-state index in [9.17, 15) is 4.79 Å². The molecule has 0 aliphatic rings. The van der Waals surface area contributed by atoms with Crippen LogP contribution in [0.4, 0.5) is 0 Å². The van der Waals surface area contributed by atoms with Crippen LogP contribution in [0.5, 0.6) is 0 Å². The maximum Gasteiger partial charge on any atom is 0.227 e. The monoisotopic (exact) mass is 210 g/mol. The molecule has 0 aromatic rings. The van der Waals surface area contributed by atoms with Gasteiger partial charge in [0.25, 0.3) is 0 Å². The second-order valence-corrected chi connectivity index (χ2v) is 3.54. The standard InChI is InChI=1S/C12H22N2O/c1-4-7-11(10-13)12(15)14(8-5-2)9-6-3/h5-6,11H,2-4,7-10,13H2,1H3. The van der Waals surface area contributed by atoms with E-state index in [0.29, 0.717) is 19.6 Å².